The number of nitrogens with one attached hydrogen (secondary N) is 4. The molecular formula is C49H54FN11O4. The van der Waals surface area contributed by atoms with Gasteiger partial charge in [0.1, 0.15) is 30.3 Å². The van der Waals surface area contributed by atoms with Gasteiger partial charge >= 0.3 is 0 Å². The van der Waals surface area contributed by atoms with E-state index < -0.39 is 18.0 Å². The molecule has 15 nitrogen and oxygen atoms in total. The van der Waals surface area contributed by atoms with Crippen LogP contribution in [-0.4, -0.2) is 107 Å². The summed E-state index contributed by atoms with van der Waals surface area (Å²) < 4.78 is 16.9. The molecule has 0 bridgehead atoms. The van der Waals surface area contributed by atoms with Gasteiger partial charge < -0.3 is 25.8 Å². The van der Waals surface area contributed by atoms with Crippen molar-refractivity contribution in [3.63, 3.8) is 0 Å². The highest BCUT2D eigenvalue weighted by molar-refractivity contribution is 6.01. The molecule has 0 radical (unpaired) electrons. The van der Waals surface area contributed by atoms with Gasteiger partial charge in [-0.2, -0.15) is 10.4 Å². The topological polar surface area (TPSA) is 181 Å². The van der Waals surface area contributed by atoms with Crippen LogP contribution in [0.15, 0.2) is 104 Å². The van der Waals surface area contributed by atoms with Gasteiger partial charge in [0.15, 0.2) is 0 Å². The van der Waals surface area contributed by atoms with E-state index in [0.29, 0.717) is 67.8 Å². The molecule has 3 saturated heterocycles. The van der Waals surface area contributed by atoms with Crippen LogP contribution < -0.4 is 26.2 Å². The number of amides is 4. The van der Waals surface area contributed by atoms with E-state index in [9.17, 15) is 19.2 Å². The van der Waals surface area contributed by atoms with E-state index in [1.54, 1.807) is 47.4 Å². The molecule has 4 N–H and O–H groups in total. The van der Waals surface area contributed by atoms with Crippen LogP contribution in [-0.2, 0) is 25.7 Å². The Morgan fingerprint density at radius 1 is 0.892 bits per heavy atom. The van der Waals surface area contributed by atoms with Crippen molar-refractivity contribution < 1.29 is 23.6 Å². The summed E-state index contributed by atoms with van der Waals surface area (Å²) in [7, 11) is 0. The summed E-state index contributed by atoms with van der Waals surface area (Å²) in [4.78, 5) is 61.5. The van der Waals surface area contributed by atoms with E-state index in [2.05, 4.69) is 54.1 Å². The van der Waals surface area contributed by atoms with Gasteiger partial charge in [0.25, 0.3) is 0 Å². The number of likely N-dealkylation sites (tertiary alicyclic amines) is 1. The highest BCUT2D eigenvalue weighted by atomic mass is 19.1. The Bertz CT molecular complexity index is 2490. The molecule has 65 heavy (non-hydrogen) atoms. The number of aromatic nitrogens is 3. The fourth-order valence-corrected chi connectivity index (χ4v) is 8.77. The first-order valence-electron chi connectivity index (χ1n) is 22.3. The summed E-state index contributed by atoms with van der Waals surface area (Å²) >= 11 is 0. The van der Waals surface area contributed by atoms with E-state index in [0.717, 1.165) is 54.7 Å². The van der Waals surface area contributed by atoms with Crippen molar-refractivity contribution in [2.75, 3.05) is 67.9 Å². The van der Waals surface area contributed by atoms with Crippen molar-refractivity contribution in [1.29, 1.82) is 5.26 Å². The summed E-state index contributed by atoms with van der Waals surface area (Å²) in [6, 6.07) is 26.6. The van der Waals surface area contributed by atoms with Crippen molar-refractivity contribution >= 4 is 40.8 Å². The predicted molar refractivity (Wildman–Crippen MR) is 245 cm³/mol. The summed E-state index contributed by atoms with van der Waals surface area (Å²) in [5.74, 6) is -0.257. The molecule has 3 atom stereocenters. The minimum absolute atomic E-state index is 0.0242. The summed E-state index contributed by atoms with van der Waals surface area (Å²) in [5, 5.41) is 25.4. The van der Waals surface area contributed by atoms with Gasteiger partial charge in [-0.3, -0.25) is 34.1 Å². The molecule has 4 amide bonds. The van der Waals surface area contributed by atoms with Crippen molar-refractivity contribution in [2.24, 2.45) is 5.92 Å². The Labute approximate surface area is 378 Å². The Kier molecular flexibility index (Phi) is 14.2. The van der Waals surface area contributed by atoms with Gasteiger partial charge in [0.05, 0.1) is 23.5 Å². The first kappa shape index (κ1) is 44.6. The Balaban J connectivity index is 0.764. The molecule has 0 aliphatic carbocycles. The fourth-order valence-electron chi connectivity index (χ4n) is 8.77. The average molecular weight is 880 g/mol. The number of piperidine rings is 2. The lowest BCUT2D eigenvalue weighted by Gasteiger charge is -2.39. The summed E-state index contributed by atoms with van der Waals surface area (Å²) in [6.07, 6.45) is 7.69. The van der Waals surface area contributed by atoms with E-state index in [1.165, 1.54) is 6.07 Å². The van der Waals surface area contributed by atoms with Crippen LogP contribution in [0.2, 0.25) is 0 Å². The zero-order valence-electron chi connectivity index (χ0n) is 36.5. The second-order valence-electron chi connectivity index (χ2n) is 17.2. The quantitative estimate of drug-likeness (QED) is 0.100. The zero-order valence-corrected chi connectivity index (χ0v) is 36.5. The predicted octanol–water partition coefficient (Wildman–Crippen LogP) is 5.31. The third kappa shape index (κ3) is 11.4. The average Bonchev–Trinajstić information content (AvgIpc) is 3.79. The number of carbonyl (C=O) groups excluding carboxylic acids is 4. The number of hydrogen-bond acceptors (Lipinski definition) is 11. The molecule has 2 aromatic heterocycles. The number of benzene rings is 3. The number of piperazine rings is 1. The molecule has 16 heteroatoms. The Hall–Kier alpha value is -6.96. The smallest absolute Gasteiger partial charge is 0.249 e. The minimum Gasteiger partial charge on any atom is -0.374 e. The zero-order chi connectivity index (χ0) is 45.3. The lowest BCUT2D eigenvalue weighted by Crippen LogP contribution is -2.49. The fraction of sp³-hybridized carbons (Fsp3) is 0.367. The van der Waals surface area contributed by atoms with Crippen LogP contribution in [0.4, 0.5) is 21.6 Å². The molecule has 3 fully saturated rings. The number of imide groups is 1. The number of halogens is 1. The van der Waals surface area contributed by atoms with E-state index >= 15 is 4.39 Å². The first-order chi connectivity index (χ1) is 31.6. The second kappa shape index (κ2) is 20.7. The van der Waals surface area contributed by atoms with Gasteiger partial charge in [-0.25, -0.2) is 9.37 Å². The van der Waals surface area contributed by atoms with Gasteiger partial charge in [0.2, 0.25) is 23.6 Å². The lowest BCUT2D eigenvalue weighted by atomic mass is 9.96. The van der Waals surface area contributed by atoms with Crippen LogP contribution >= 0.6 is 0 Å². The van der Waals surface area contributed by atoms with Crippen LogP contribution in [0.5, 0.6) is 0 Å². The van der Waals surface area contributed by atoms with E-state index in [-0.39, 0.29) is 42.4 Å². The van der Waals surface area contributed by atoms with Gasteiger partial charge in [-0.1, -0.05) is 49.4 Å². The minimum atomic E-state index is -0.619. The van der Waals surface area contributed by atoms with Crippen LogP contribution in [0.3, 0.4) is 0 Å². The van der Waals surface area contributed by atoms with Crippen LogP contribution in [0.25, 0.3) is 11.1 Å². The van der Waals surface area contributed by atoms with E-state index in [4.69, 9.17) is 5.26 Å². The Morgan fingerprint density at radius 2 is 1.66 bits per heavy atom. The largest absolute Gasteiger partial charge is 0.374 e. The number of nitrogens with zero attached hydrogens (tertiary/aromatic N) is 7. The molecule has 3 aliphatic rings. The first-order valence-corrected chi connectivity index (χ1v) is 22.3. The van der Waals surface area contributed by atoms with Crippen LogP contribution in [0, 0.1) is 23.1 Å². The number of rotatable bonds is 15. The maximum atomic E-state index is 15.2. The third-order valence-corrected chi connectivity index (χ3v) is 12.6. The molecule has 0 spiro atoms. The number of hydrogen-bond donors (Lipinski definition) is 4. The maximum absolute atomic E-state index is 15.2. The third-order valence-electron chi connectivity index (χ3n) is 12.6. The molecule has 5 aromatic rings. The van der Waals surface area contributed by atoms with Gasteiger partial charge in [-0.15, -0.1) is 0 Å². The van der Waals surface area contributed by atoms with Crippen molar-refractivity contribution in [3.8, 4) is 17.2 Å². The molecule has 5 heterocycles. The van der Waals surface area contributed by atoms with Crippen LogP contribution in [0.1, 0.15) is 61.3 Å². The number of anilines is 3. The molecule has 3 aromatic carbocycles. The van der Waals surface area contributed by atoms with E-state index in [1.807, 2.05) is 59.6 Å². The Morgan fingerprint density at radius 3 is 2.35 bits per heavy atom. The molecule has 1 unspecified atom stereocenters. The lowest BCUT2D eigenvalue weighted by molar-refractivity contribution is -0.134. The highest BCUT2D eigenvalue weighted by Crippen LogP contribution is 2.27. The SMILES string of the molecule is C[C@H](CN[C@H](C(=O)Nc1ccc(-c2cnn(CC(=O)N3CCC(CN4CCN(c5ccc(NC6CCC(=O)NC6=O)cc5F)CC4)CC3)c2)cn1)c1ccccc1)c1ccc(C#N)cc1. The molecule has 3 aliphatic heterocycles. The monoisotopic (exact) mass is 879 g/mol. The standard InChI is InChI=1S/C49H54FN11O4/c1-33(36-9-7-34(26-51)8-10-36)27-53-47(37-5-3-2-4-6-37)49(65)56-44-15-11-38(28-52-44)39-29-54-61(31-39)32-46(63)60-19-17-35(18-20-60)30-58-21-23-59(24-22-58)43-14-12-40(25-41(43)50)55-42-13-16-45(62)57-48(42)64/h2-12,14-15,25,28-29,31,33,35,42,47,53,55H,13,16-24,27,30,32H2,1H3,(H,52,56,65)(H,57,62,64)/t33-,42?,47+/m1/s1. The number of pyridine rings is 1. The number of nitriles is 1. The number of carbonyl (C=O) groups is 4. The molecule has 336 valence electrons. The molecule has 8 rings (SSSR count). The highest BCUT2D eigenvalue weighted by Gasteiger charge is 2.29. The van der Waals surface area contributed by atoms with Crippen molar-refractivity contribution in [2.45, 2.75) is 57.2 Å². The van der Waals surface area contributed by atoms with Gasteiger partial charge in [-0.05, 0) is 84.7 Å². The summed E-state index contributed by atoms with van der Waals surface area (Å²) in [6.45, 7) is 8.11. The van der Waals surface area contributed by atoms with Crippen molar-refractivity contribution in [1.82, 2.24) is 35.2 Å². The summed E-state index contributed by atoms with van der Waals surface area (Å²) in [5.41, 5.74) is 5.16. The normalized spacial score (nSPS) is 18.1. The van der Waals surface area contributed by atoms with Crippen molar-refractivity contribution in [3.05, 3.63) is 126 Å². The molecule has 0 saturated carbocycles. The maximum Gasteiger partial charge on any atom is 0.249 e. The molecular weight excluding hydrogens is 826 g/mol. The van der Waals surface area contributed by atoms with Gasteiger partial charge in [0, 0.05) is 88.0 Å². The second-order valence-corrected chi connectivity index (χ2v) is 17.2.